The molecule has 0 amide bonds. The average molecular weight is 308 g/mol. The van der Waals surface area contributed by atoms with E-state index >= 15 is 0 Å². The van der Waals surface area contributed by atoms with E-state index < -0.39 is 0 Å². The number of aromatic nitrogens is 4. The number of nitrogen functional groups attached to an aromatic ring is 1. The second-order valence-electron chi connectivity index (χ2n) is 6.04. The number of nitrogens with two attached hydrogens (primary N) is 1. The van der Waals surface area contributed by atoms with Crippen LogP contribution in [0.25, 0.3) is 16.9 Å². The van der Waals surface area contributed by atoms with Gasteiger partial charge in [0.05, 0.1) is 11.0 Å². The summed E-state index contributed by atoms with van der Waals surface area (Å²) < 4.78 is 1.92. The molecule has 2 aromatic heterocycles. The molecule has 3 N–H and O–H groups in total. The van der Waals surface area contributed by atoms with Crippen LogP contribution in [-0.2, 0) is 0 Å². The van der Waals surface area contributed by atoms with Crippen molar-refractivity contribution in [3.8, 4) is 5.82 Å². The maximum absolute atomic E-state index is 6.35. The van der Waals surface area contributed by atoms with E-state index in [1.165, 1.54) is 32.1 Å². The average Bonchev–Trinajstić information content (AvgIpc) is 3.02. The molecule has 1 aliphatic carbocycles. The summed E-state index contributed by atoms with van der Waals surface area (Å²) in [6.45, 7) is 0. The summed E-state index contributed by atoms with van der Waals surface area (Å²) in [5, 5.41) is 3.49. The summed E-state index contributed by atoms with van der Waals surface area (Å²) in [7, 11) is 0. The molecule has 1 saturated carbocycles. The Kier molecular flexibility index (Phi) is 3.57. The highest BCUT2D eigenvalue weighted by Gasteiger charge is 2.17. The van der Waals surface area contributed by atoms with Crippen molar-refractivity contribution in [2.45, 2.75) is 38.1 Å². The van der Waals surface area contributed by atoms with Gasteiger partial charge in [0, 0.05) is 6.04 Å². The molecule has 0 bridgehead atoms. The van der Waals surface area contributed by atoms with Gasteiger partial charge in [0.2, 0.25) is 0 Å². The molecular formula is C17H20N6. The minimum atomic E-state index is 0.452. The Balaban J connectivity index is 1.70. The van der Waals surface area contributed by atoms with Gasteiger partial charge >= 0.3 is 0 Å². The van der Waals surface area contributed by atoms with E-state index in [-0.39, 0.29) is 0 Å². The predicted molar refractivity (Wildman–Crippen MR) is 91.6 cm³/mol. The van der Waals surface area contributed by atoms with Gasteiger partial charge in [-0.1, -0.05) is 31.4 Å². The van der Waals surface area contributed by atoms with Gasteiger partial charge in [0.25, 0.3) is 0 Å². The molecule has 118 valence electrons. The van der Waals surface area contributed by atoms with Crippen molar-refractivity contribution in [1.82, 2.24) is 19.5 Å². The van der Waals surface area contributed by atoms with Crippen LogP contribution >= 0.6 is 0 Å². The summed E-state index contributed by atoms with van der Waals surface area (Å²) >= 11 is 0. The molecule has 4 rings (SSSR count). The zero-order valence-corrected chi connectivity index (χ0v) is 12.9. The number of imidazole rings is 1. The number of nitrogens with one attached hydrogen (secondary N) is 1. The SMILES string of the molecule is Nc1c(NC2CCCCC2)ncnc1-n1cnc2ccccc21. The summed E-state index contributed by atoms with van der Waals surface area (Å²) in [5.41, 5.74) is 8.83. The molecule has 23 heavy (non-hydrogen) atoms. The Bertz CT molecular complexity index is 819. The van der Waals surface area contributed by atoms with Gasteiger partial charge in [0.15, 0.2) is 11.6 Å². The monoisotopic (exact) mass is 308 g/mol. The van der Waals surface area contributed by atoms with Crippen LogP contribution in [0.5, 0.6) is 0 Å². The van der Waals surface area contributed by atoms with E-state index in [0.29, 0.717) is 17.5 Å². The number of hydrogen-bond donors (Lipinski definition) is 2. The zero-order valence-electron chi connectivity index (χ0n) is 12.9. The highest BCUT2D eigenvalue weighted by Crippen LogP contribution is 2.27. The van der Waals surface area contributed by atoms with E-state index in [2.05, 4.69) is 20.3 Å². The smallest absolute Gasteiger partial charge is 0.167 e. The van der Waals surface area contributed by atoms with E-state index in [4.69, 9.17) is 5.73 Å². The molecule has 3 aromatic rings. The molecule has 1 aromatic carbocycles. The van der Waals surface area contributed by atoms with Gasteiger partial charge in [-0.2, -0.15) is 0 Å². The first kappa shape index (κ1) is 14.0. The van der Waals surface area contributed by atoms with Crippen LogP contribution in [0.4, 0.5) is 11.5 Å². The normalized spacial score (nSPS) is 15.8. The number of benzene rings is 1. The van der Waals surface area contributed by atoms with Crippen molar-refractivity contribution in [2.24, 2.45) is 0 Å². The molecule has 2 heterocycles. The van der Waals surface area contributed by atoms with Crippen LogP contribution in [0, 0.1) is 0 Å². The van der Waals surface area contributed by atoms with Crippen LogP contribution in [0.15, 0.2) is 36.9 Å². The Morgan fingerprint density at radius 3 is 2.74 bits per heavy atom. The lowest BCUT2D eigenvalue weighted by Gasteiger charge is -2.24. The third-order valence-corrected chi connectivity index (χ3v) is 4.49. The van der Waals surface area contributed by atoms with Crippen molar-refractivity contribution in [1.29, 1.82) is 0 Å². The van der Waals surface area contributed by atoms with Crippen LogP contribution in [0.3, 0.4) is 0 Å². The zero-order chi connectivity index (χ0) is 15.6. The predicted octanol–water partition coefficient (Wildman–Crippen LogP) is 3.14. The number of rotatable bonds is 3. The largest absolute Gasteiger partial charge is 0.393 e. The highest BCUT2D eigenvalue weighted by molar-refractivity contribution is 5.80. The number of para-hydroxylation sites is 2. The summed E-state index contributed by atoms with van der Waals surface area (Å²) in [4.78, 5) is 13.1. The van der Waals surface area contributed by atoms with Crippen molar-refractivity contribution in [2.75, 3.05) is 11.1 Å². The Labute approximate surface area is 134 Å². The first-order chi connectivity index (χ1) is 11.3. The van der Waals surface area contributed by atoms with Crippen LogP contribution in [-0.4, -0.2) is 25.6 Å². The fourth-order valence-electron chi connectivity index (χ4n) is 3.26. The lowest BCUT2D eigenvalue weighted by atomic mass is 9.95. The van der Waals surface area contributed by atoms with Crippen molar-refractivity contribution in [3.05, 3.63) is 36.9 Å². The van der Waals surface area contributed by atoms with E-state index in [9.17, 15) is 0 Å². The minimum absolute atomic E-state index is 0.452. The maximum atomic E-state index is 6.35. The summed E-state index contributed by atoms with van der Waals surface area (Å²) in [6.07, 6.45) is 9.52. The third-order valence-electron chi connectivity index (χ3n) is 4.49. The Morgan fingerprint density at radius 1 is 1.04 bits per heavy atom. The lowest BCUT2D eigenvalue weighted by Crippen LogP contribution is -2.24. The van der Waals surface area contributed by atoms with E-state index in [1.807, 2.05) is 28.8 Å². The maximum Gasteiger partial charge on any atom is 0.167 e. The first-order valence-corrected chi connectivity index (χ1v) is 8.12. The first-order valence-electron chi connectivity index (χ1n) is 8.12. The van der Waals surface area contributed by atoms with Crippen LogP contribution in [0.1, 0.15) is 32.1 Å². The van der Waals surface area contributed by atoms with E-state index in [1.54, 1.807) is 12.7 Å². The molecular weight excluding hydrogens is 288 g/mol. The summed E-state index contributed by atoms with van der Waals surface area (Å²) in [6, 6.07) is 8.40. The number of hydrogen-bond acceptors (Lipinski definition) is 5. The van der Waals surface area contributed by atoms with Gasteiger partial charge in [-0.25, -0.2) is 15.0 Å². The fourth-order valence-corrected chi connectivity index (χ4v) is 3.26. The molecule has 0 saturated heterocycles. The topological polar surface area (TPSA) is 81.6 Å². The standard InChI is InChI=1S/C17H20N6/c18-15-16(22-12-6-2-1-3-7-12)19-10-20-17(15)23-11-21-13-8-4-5-9-14(13)23/h4-5,8-12H,1-3,6-7,18H2,(H,19,20,22). The third kappa shape index (κ3) is 2.60. The molecule has 0 atom stereocenters. The molecule has 6 heteroatoms. The second kappa shape index (κ2) is 5.87. The number of nitrogens with zero attached hydrogens (tertiary/aromatic N) is 4. The van der Waals surface area contributed by atoms with Crippen LogP contribution < -0.4 is 11.1 Å². The van der Waals surface area contributed by atoms with Crippen molar-refractivity contribution < 1.29 is 0 Å². The van der Waals surface area contributed by atoms with Gasteiger partial charge in [-0.05, 0) is 25.0 Å². The van der Waals surface area contributed by atoms with Gasteiger partial charge in [0.1, 0.15) is 18.3 Å². The molecule has 0 spiro atoms. The van der Waals surface area contributed by atoms with Gasteiger partial charge < -0.3 is 11.1 Å². The highest BCUT2D eigenvalue weighted by atomic mass is 15.2. The van der Waals surface area contributed by atoms with Crippen molar-refractivity contribution in [3.63, 3.8) is 0 Å². The number of anilines is 2. The van der Waals surface area contributed by atoms with Gasteiger partial charge in [-0.3, -0.25) is 4.57 Å². The molecule has 0 unspecified atom stereocenters. The fraction of sp³-hybridized carbons (Fsp3) is 0.353. The molecule has 0 aliphatic heterocycles. The summed E-state index contributed by atoms with van der Waals surface area (Å²) in [5.74, 6) is 1.40. The Hall–Kier alpha value is -2.63. The van der Waals surface area contributed by atoms with Crippen molar-refractivity contribution >= 4 is 22.5 Å². The second-order valence-corrected chi connectivity index (χ2v) is 6.04. The van der Waals surface area contributed by atoms with Gasteiger partial charge in [-0.15, -0.1) is 0 Å². The number of fused-ring (bicyclic) bond motifs is 1. The Morgan fingerprint density at radius 2 is 1.87 bits per heavy atom. The molecule has 1 fully saturated rings. The quantitative estimate of drug-likeness (QED) is 0.777. The minimum Gasteiger partial charge on any atom is -0.393 e. The lowest BCUT2D eigenvalue weighted by molar-refractivity contribution is 0.462. The van der Waals surface area contributed by atoms with E-state index in [0.717, 1.165) is 16.9 Å². The molecule has 0 radical (unpaired) electrons. The van der Waals surface area contributed by atoms with Crippen LogP contribution in [0.2, 0.25) is 0 Å². The molecule has 1 aliphatic rings. The molecule has 6 nitrogen and oxygen atoms in total.